The topological polar surface area (TPSA) is 75.6 Å². The van der Waals surface area contributed by atoms with Gasteiger partial charge in [-0.2, -0.15) is 0 Å². The third-order valence-corrected chi connectivity index (χ3v) is 4.89. The van der Waals surface area contributed by atoms with E-state index < -0.39 is 15.9 Å². The molecule has 102 valence electrons. The largest absolute Gasteiger partial charge is 0.389 e. The Balaban J connectivity index is 2.49. The average Bonchev–Trinajstić information content (AvgIpc) is 2.26. The van der Waals surface area contributed by atoms with E-state index in [0.717, 1.165) is 25.7 Å². The van der Waals surface area contributed by atoms with Crippen LogP contribution >= 0.6 is 0 Å². The van der Waals surface area contributed by atoms with Gasteiger partial charge in [0.15, 0.2) is 9.84 Å². The Morgan fingerprint density at radius 2 is 2.06 bits per heavy atom. The second-order valence-electron chi connectivity index (χ2n) is 4.78. The van der Waals surface area contributed by atoms with Gasteiger partial charge in [-0.1, -0.05) is 12.8 Å². The summed E-state index contributed by atoms with van der Waals surface area (Å²) in [4.78, 5) is 0. The fourth-order valence-corrected chi connectivity index (χ4v) is 3.81. The van der Waals surface area contributed by atoms with Crippen LogP contribution in [0.5, 0.6) is 0 Å². The Morgan fingerprint density at radius 1 is 1.41 bits per heavy atom. The van der Waals surface area contributed by atoms with Crippen molar-refractivity contribution in [3.63, 3.8) is 0 Å². The van der Waals surface area contributed by atoms with Crippen LogP contribution in [-0.4, -0.2) is 57.4 Å². The molecule has 17 heavy (non-hydrogen) atoms. The van der Waals surface area contributed by atoms with Crippen molar-refractivity contribution in [3.8, 4) is 0 Å². The lowest BCUT2D eigenvalue weighted by Gasteiger charge is -2.31. The summed E-state index contributed by atoms with van der Waals surface area (Å²) in [5.41, 5.74) is 0. The molecule has 6 heteroatoms. The lowest BCUT2D eigenvalue weighted by atomic mass is 9.95. The summed E-state index contributed by atoms with van der Waals surface area (Å²) < 4.78 is 28.1. The number of ether oxygens (including phenoxy) is 1. The molecule has 2 N–H and O–H groups in total. The SMILES string of the molecule is COC[C@H](O)CNC1CCCCC1S(C)(=O)=O. The predicted octanol–water partition coefficient (Wildman–Crippen LogP) is -0.0609. The van der Waals surface area contributed by atoms with Gasteiger partial charge < -0.3 is 15.2 Å². The minimum Gasteiger partial charge on any atom is -0.389 e. The molecule has 5 nitrogen and oxygen atoms in total. The van der Waals surface area contributed by atoms with Crippen molar-refractivity contribution in [2.24, 2.45) is 0 Å². The summed E-state index contributed by atoms with van der Waals surface area (Å²) in [6.45, 7) is 0.647. The highest BCUT2D eigenvalue weighted by molar-refractivity contribution is 7.91. The molecule has 1 aliphatic rings. The van der Waals surface area contributed by atoms with E-state index in [4.69, 9.17) is 4.74 Å². The molecule has 1 saturated carbocycles. The summed E-state index contributed by atoms with van der Waals surface area (Å²) in [5.74, 6) is 0. The summed E-state index contributed by atoms with van der Waals surface area (Å²) in [6.07, 6.45) is 4.31. The van der Waals surface area contributed by atoms with Gasteiger partial charge in [-0.05, 0) is 12.8 Å². The maximum Gasteiger partial charge on any atom is 0.151 e. The molecule has 2 unspecified atom stereocenters. The first-order valence-electron chi connectivity index (χ1n) is 6.04. The monoisotopic (exact) mass is 265 g/mol. The summed E-state index contributed by atoms with van der Waals surface area (Å²) in [5, 5.41) is 12.4. The zero-order valence-electron chi connectivity index (χ0n) is 10.6. The first kappa shape index (κ1) is 14.9. The van der Waals surface area contributed by atoms with Crippen LogP contribution in [0.15, 0.2) is 0 Å². The van der Waals surface area contributed by atoms with Crippen molar-refractivity contribution >= 4 is 9.84 Å². The normalized spacial score (nSPS) is 27.9. The minimum absolute atomic E-state index is 0.0368. The van der Waals surface area contributed by atoms with E-state index in [1.165, 1.54) is 13.4 Å². The molecule has 0 radical (unpaired) electrons. The van der Waals surface area contributed by atoms with Crippen molar-refractivity contribution in [3.05, 3.63) is 0 Å². The Kier molecular flexibility index (Phi) is 5.85. The van der Waals surface area contributed by atoms with Crippen LogP contribution in [0.3, 0.4) is 0 Å². The zero-order chi connectivity index (χ0) is 12.9. The Bertz CT molecular complexity index is 317. The van der Waals surface area contributed by atoms with Gasteiger partial charge in [-0.25, -0.2) is 8.42 Å². The van der Waals surface area contributed by atoms with Gasteiger partial charge in [0.1, 0.15) is 0 Å². The lowest BCUT2D eigenvalue weighted by molar-refractivity contribution is 0.0618. The van der Waals surface area contributed by atoms with E-state index in [0.29, 0.717) is 6.54 Å². The Labute approximate surface area is 103 Å². The van der Waals surface area contributed by atoms with Gasteiger partial charge in [0.25, 0.3) is 0 Å². The fraction of sp³-hybridized carbons (Fsp3) is 1.00. The molecule has 0 heterocycles. The standard InChI is InChI=1S/C11H23NO4S/c1-16-8-9(13)7-12-10-5-3-4-6-11(10)17(2,14)15/h9-13H,3-8H2,1-2H3/t9-,10?,11?/m1/s1. The number of nitrogens with one attached hydrogen (secondary N) is 1. The number of aliphatic hydroxyl groups is 1. The average molecular weight is 265 g/mol. The van der Waals surface area contributed by atoms with E-state index >= 15 is 0 Å². The maximum atomic E-state index is 11.6. The third-order valence-electron chi connectivity index (χ3n) is 3.23. The third kappa shape index (κ3) is 4.91. The van der Waals surface area contributed by atoms with Crippen molar-refractivity contribution in [2.45, 2.75) is 43.1 Å². The molecule has 0 spiro atoms. The molecule has 0 saturated heterocycles. The highest BCUT2D eigenvalue weighted by atomic mass is 32.2. The molecule has 0 amide bonds. The molecular formula is C11H23NO4S. The molecule has 1 aliphatic carbocycles. The number of methoxy groups -OCH3 is 1. The highest BCUT2D eigenvalue weighted by Gasteiger charge is 2.32. The first-order valence-corrected chi connectivity index (χ1v) is 8.00. The van der Waals surface area contributed by atoms with Gasteiger partial charge in [0.05, 0.1) is 18.0 Å². The second kappa shape index (κ2) is 6.68. The number of rotatable bonds is 6. The predicted molar refractivity (Wildman–Crippen MR) is 66.8 cm³/mol. The van der Waals surface area contributed by atoms with Crippen molar-refractivity contribution < 1.29 is 18.3 Å². The van der Waals surface area contributed by atoms with E-state index in [-0.39, 0.29) is 17.9 Å². The summed E-state index contributed by atoms with van der Waals surface area (Å²) in [6, 6.07) is -0.0368. The number of hydrogen-bond donors (Lipinski definition) is 2. The molecule has 1 fully saturated rings. The Morgan fingerprint density at radius 3 is 2.65 bits per heavy atom. The zero-order valence-corrected chi connectivity index (χ0v) is 11.4. The molecule has 0 aromatic heterocycles. The molecular weight excluding hydrogens is 242 g/mol. The van der Waals surface area contributed by atoms with Crippen LogP contribution in [-0.2, 0) is 14.6 Å². The smallest absolute Gasteiger partial charge is 0.151 e. The van der Waals surface area contributed by atoms with Crippen molar-refractivity contribution in [1.82, 2.24) is 5.32 Å². The molecule has 1 rings (SSSR count). The molecule has 3 atom stereocenters. The first-order chi connectivity index (χ1) is 7.95. The molecule has 0 aromatic rings. The van der Waals surface area contributed by atoms with Crippen LogP contribution in [0.4, 0.5) is 0 Å². The Hall–Kier alpha value is -0.170. The molecule has 0 aliphatic heterocycles. The number of hydrogen-bond acceptors (Lipinski definition) is 5. The quantitative estimate of drug-likeness (QED) is 0.703. The van der Waals surface area contributed by atoms with E-state index in [2.05, 4.69) is 5.32 Å². The minimum atomic E-state index is -3.01. The van der Waals surface area contributed by atoms with Crippen LogP contribution < -0.4 is 5.32 Å². The fourth-order valence-electron chi connectivity index (χ4n) is 2.38. The van der Waals surface area contributed by atoms with Gasteiger partial charge in [0, 0.05) is 26.0 Å². The number of sulfone groups is 1. The van der Waals surface area contributed by atoms with Gasteiger partial charge in [0.2, 0.25) is 0 Å². The van der Waals surface area contributed by atoms with E-state index in [1.807, 2.05) is 0 Å². The van der Waals surface area contributed by atoms with Gasteiger partial charge in [-0.3, -0.25) is 0 Å². The molecule has 0 aromatic carbocycles. The summed E-state index contributed by atoms with van der Waals surface area (Å²) >= 11 is 0. The lowest BCUT2D eigenvalue weighted by Crippen LogP contribution is -2.48. The van der Waals surface area contributed by atoms with Crippen LogP contribution in [0.2, 0.25) is 0 Å². The highest BCUT2D eigenvalue weighted by Crippen LogP contribution is 2.23. The van der Waals surface area contributed by atoms with Crippen molar-refractivity contribution in [1.29, 1.82) is 0 Å². The summed E-state index contributed by atoms with van der Waals surface area (Å²) in [7, 11) is -1.48. The molecule has 0 bridgehead atoms. The van der Waals surface area contributed by atoms with Crippen LogP contribution in [0.1, 0.15) is 25.7 Å². The maximum absolute atomic E-state index is 11.6. The number of aliphatic hydroxyl groups excluding tert-OH is 1. The van der Waals surface area contributed by atoms with Crippen LogP contribution in [0.25, 0.3) is 0 Å². The van der Waals surface area contributed by atoms with Gasteiger partial charge in [-0.15, -0.1) is 0 Å². The van der Waals surface area contributed by atoms with E-state index in [1.54, 1.807) is 0 Å². The van der Waals surface area contributed by atoms with E-state index in [9.17, 15) is 13.5 Å². The van der Waals surface area contributed by atoms with Crippen molar-refractivity contribution in [2.75, 3.05) is 26.5 Å². The second-order valence-corrected chi connectivity index (χ2v) is 7.04. The van der Waals surface area contributed by atoms with Crippen LogP contribution in [0, 0.1) is 0 Å². The van der Waals surface area contributed by atoms with Gasteiger partial charge >= 0.3 is 0 Å².